The second-order valence-corrected chi connectivity index (χ2v) is 7.27. The number of aromatic hydroxyl groups is 1. The van der Waals surface area contributed by atoms with Gasteiger partial charge in [0.25, 0.3) is 0 Å². The summed E-state index contributed by atoms with van der Waals surface area (Å²) >= 11 is 3.42. The van der Waals surface area contributed by atoms with E-state index in [1.54, 1.807) is 35.7 Å². The Morgan fingerprint density at radius 2 is 2.12 bits per heavy atom. The third kappa shape index (κ3) is 1.00. The Kier molecular flexibility index (Phi) is 1.55. The van der Waals surface area contributed by atoms with E-state index in [0.717, 1.165) is 5.56 Å². The van der Waals surface area contributed by atoms with Crippen molar-refractivity contribution in [2.75, 3.05) is 0 Å². The fourth-order valence-electron chi connectivity index (χ4n) is 2.53. The molecule has 0 spiro atoms. The molecule has 1 aromatic rings. The second kappa shape index (κ2) is 2.63. The van der Waals surface area contributed by atoms with E-state index in [-0.39, 0.29) is 15.2 Å². The Bertz CT molecular complexity index is 515. The van der Waals surface area contributed by atoms with Crippen LogP contribution < -0.4 is 0 Å². The molecule has 0 amide bonds. The van der Waals surface area contributed by atoms with Crippen molar-refractivity contribution in [3.05, 3.63) is 42.0 Å². The smallest absolute Gasteiger partial charge is 0.140 e. The van der Waals surface area contributed by atoms with Crippen molar-refractivity contribution in [2.24, 2.45) is 0 Å². The Morgan fingerprint density at radius 1 is 1.25 bits per heavy atom. The van der Waals surface area contributed by atoms with E-state index in [1.807, 2.05) is 12.1 Å². The molecule has 2 nitrogen and oxygen atoms in total. The van der Waals surface area contributed by atoms with E-state index in [2.05, 4.69) is 12.2 Å². The van der Waals surface area contributed by atoms with Crippen LogP contribution in [0.2, 0.25) is 0 Å². The van der Waals surface area contributed by atoms with Gasteiger partial charge >= 0.3 is 0 Å². The summed E-state index contributed by atoms with van der Waals surface area (Å²) < 4.78 is -0.0898. The first-order valence-electron chi connectivity index (χ1n) is 5.22. The molecule has 1 aliphatic carbocycles. The summed E-state index contributed by atoms with van der Waals surface area (Å²) in [6.45, 7) is 0. The minimum absolute atomic E-state index is 0.0898. The van der Waals surface area contributed by atoms with Crippen molar-refractivity contribution < 1.29 is 10.2 Å². The third-order valence-electron chi connectivity index (χ3n) is 3.50. The molecular formula is C12H10O2S2. The fraction of sp³-hybridized carbons (Fsp3) is 0.333. The first-order valence-corrected chi connectivity index (χ1v) is 6.98. The molecule has 0 aromatic heterocycles. The molecule has 82 valence electrons. The summed E-state index contributed by atoms with van der Waals surface area (Å²) in [6, 6.07) is 7.36. The van der Waals surface area contributed by atoms with Gasteiger partial charge in [0.05, 0.1) is 15.2 Å². The molecule has 2 saturated heterocycles. The van der Waals surface area contributed by atoms with Gasteiger partial charge in [0, 0.05) is 0 Å². The van der Waals surface area contributed by atoms with Gasteiger partial charge in [0.15, 0.2) is 0 Å². The quantitative estimate of drug-likeness (QED) is 0.591. The highest BCUT2D eigenvalue weighted by Crippen LogP contribution is 2.77. The number of hydrogen-bond donors (Lipinski definition) is 2. The van der Waals surface area contributed by atoms with E-state index in [4.69, 9.17) is 0 Å². The molecule has 2 N–H and O–H groups in total. The third-order valence-corrected chi connectivity index (χ3v) is 6.75. The predicted octanol–water partition coefficient (Wildman–Crippen LogP) is 2.08. The normalized spacial score (nSPS) is 47.1. The summed E-state index contributed by atoms with van der Waals surface area (Å²) in [4.78, 5) is -0.551. The number of benzene rings is 1. The molecule has 1 aromatic carbocycles. The summed E-state index contributed by atoms with van der Waals surface area (Å²) in [5.74, 6) is 0.295. The second-order valence-electron chi connectivity index (χ2n) is 4.49. The zero-order chi connectivity index (χ0) is 11.0. The molecule has 0 radical (unpaired) electrons. The highest BCUT2D eigenvalue weighted by molar-refractivity contribution is 8.14. The summed E-state index contributed by atoms with van der Waals surface area (Å²) in [6.07, 6.45) is 4.29. The molecule has 2 heterocycles. The van der Waals surface area contributed by atoms with Gasteiger partial charge in [0.2, 0.25) is 0 Å². The highest BCUT2D eigenvalue weighted by Gasteiger charge is 2.75. The molecule has 4 unspecified atom stereocenters. The van der Waals surface area contributed by atoms with Crippen LogP contribution in [0.1, 0.15) is 5.56 Å². The maximum absolute atomic E-state index is 10.3. The van der Waals surface area contributed by atoms with E-state index < -0.39 is 4.93 Å². The molecule has 3 aliphatic rings. The molecule has 4 heteroatoms. The van der Waals surface area contributed by atoms with Crippen LogP contribution in [0, 0.1) is 0 Å². The van der Waals surface area contributed by atoms with E-state index >= 15 is 0 Å². The Balaban J connectivity index is 1.80. The monoisotopic (exact) mass is 250 g/mol. The molecular weight excluding hydrogens is 240 g/mol. The first kappa shape index (κ1) is 9.45. The Hall–Kier alpha value is -0.580. The van der Waals surface area contributed by atoms with E-state index in [0.29, 0.717) is 5.75 Å². The van der Waals surface area contributed by atoms with Crippen LogP contribution in [0.4, 0.5) is 0 Å². The lowest BCUT2D eigenvalue weighted by Gasteiger charge is -2.17. The maximum Gasteiger partial charge on any atom is 0.140 e. The standard InChI is InChI=1S/C12H10O2S2/c13-8-3-1-2-7(6-8)11-5-4-9-12(14,15-9)10(11)16-11/h1-6,9-10,13-14H. The zero-order valence-corrected chi connectivity index (χ0v) is 9.96. The number of phenolic OH excluding ortho intramolecular Hbond substituents is 1. The van der Waals surface area contributed by atoms with Gasteiger partial charge in [-0.1, -0.05) is 24.3 Å². The zero-order valence-electron chi connectivity index (χ0n) is 8.33. The molecule has 0 bridgehead atoms. The van der Waals surface area contributed by atoms with Gasteiger partial charge in [-0.25, -0.2) is 0 Å². The van der Waals surface area contributed by atoms with Gasteiger partial charge in [-0.3, -0.25) is 0 Å². The lowest BCUT2D eigenvalue weighted by molar-refractivity contribution is 0.175. The van der Waals surface area contributed by atoms with E-state index in [1.165, 1.54) is 0 Å². The van der Waals surface area contributed by atoms with Crippen molar-refractivity contribution in [3.8, 4) is 5.75 Å². The number of hydrogen-bond acceptors (Lipinski definition) is 4. The van der Waals surface area contributed by atoms with Gasteiger partial charge in [0.1, 0.15) is 10.7 Å². The van der Waals surface area contributed by atoms with Gasteiger partial charge < -0.3 is 10.2 Å². The summed E-state index contributed by atoms with van der Waals surface area (Å²) in [5, 5.41) is 20.3. The average Bonchev–Trinajstić information content (AvgIpc) is 3.09. The van der Waals surface area contributed by atoms with Crippen molar-refractivity contribution in [2.45, 2.75) is 20.2 Å². The van der Waals surface area contributed by atoms with Crippen LogP contribution in [-0.2, 0) is 4.75 Å². The molecule has 0 saturated carbocycles. The van der Waals surface area contributed by atoms with Crippen LogP contribution in [0.5, 0.6) is 5.75 Å². The molecule has 2 fully saturated rings. The minimum atomic E-state index is -0.551. The number of rotatable bonds is 1. The molecule has 2 aliphatic heterocycles. The van der Waals surface area contributed by atoms with Crippen LogP contribution >= 0.6 is 23.5 Å². The molecule has 4 rings (SSSR count). The summed E-state index contributed by atoms with van der Waals surface area (Å²) in [7, 11) is 0. The highest BCUT2D eigenvalue weighted by atomic mass is 32.2. The Morgan fingerprint density at radius 3 is 2.94 bits per heavy atom. The Labute approximate surface area is 102 Å². The van der Waals surface area contributed by atoms with Crippen molar-refractivity contribution in [3.63, 3.8) is 0 Å². The SMILES string of the molecule is Oc1cccc(C23C=CC4SC4(O)C2S3)c1. The topological polar surface area (TPSA) is 40.5 Å². The summed E-state index contributed by atoms with van der Waals surface area (Å²) in [5.41, 5.74) is 1.10. The number of fused-ring (bicyclic) bond motifs is 3. The maximum atomic E-state index is 10.3. The molecule has 4 atom stereocenters. The van der Waals surface area contributed by atoms with Crippen LogP contribution in [0.25, 0.3) is 0 Å². The number of aliphatic hydroxyl groups is 1. The average molecular weight is 250 g/mol. The van der Waals surface area contributed by atoms with Crippen LogP contribution in [-0.4, -0.2) is 25.6 Å². The van der Waals surface area contributed by atoms with Gasteiger partial charge in [-0.15, -0.1) is 23.5 Å². The van der Waals surface area contributed by atoms with Crippen LogP contribution in [0.15, 0.2) is 36.4 Å². The van der Waals surface area contributed by atoms with E-state index in [9.17, 15) is 10.2 Å². The number of thioether (sulfide) groups is 2. The lowest BCUT2D eigenvalue weighted by Crippen LogP contribution is -2.29. The minimum Gasteiger partial charge on any atom is -0.508 e. The van der Waals surface area contributed by atoms with Crippen molar-refractivity contribution in [1.29, 1.82) is 0 Å². The fourth-order valence-corrected chi connectivity index (χ4v) is 5.48. The largest absolute Gasteiger partial charge is 0.508 e. The van der Waals surface area contributed by atoms with Gasteiger partial charge in [-0.05, 0) is 17.7 Å². The van der Waals surface area contributed by atoms with Gasteiger partial charge in [-0.2, -0.15) is 0 Å². The lowest BCUT2D eigenvalue weighted by atomic mass is 9.88. The molecule has 16 heavy (non-hydrogen) atoms. The number of phenols is 1. The van der Waals surface area contributed by atoms with Crippen molar-refractivity contribution in [1.82, 2.24) is 0 Å². The first-order chi connectivity index (χ1) is 7.65. The van der Waals surface area contributed by atoms with Crippen molar-refractivity contribution >= 4 is 23.5 Å². The predicted molar refractivity (Wildman–Crippen MR) is 66.6 cm³/mol. The van der Waals surface area contributed by atoms with Crippen LogP contribution in [0.3, 0.4) is 0 Å².